The number of hydrogen-bond acceptors (Lipinski definition) is 4. The fraction of sp³-hybridized carbons (Fsp3) is 0.261. The maximum atomic E-state index is 13.4. The lowest BCUT2D eigenvalue weighted by atomic mass is 9.93. The highest BCUT2D eigenvalue weighted by Gasteiger charge is 2.36. The largest absolute Gasteiger partial charge is 0.477 e. The zero-order valence-corrected chi connectivity index (χ0v) is 16.9. The Labute approximate surface area is 174 Å². The highest BCUT2D eigenvalue weighted by molar-refractivity contribution is 5.98. The topological polar surface area (TPSA) is 79.0 Å². The van der Waals surface area contributed by atoms with E-state index < -0.39 is 12.1 Å². The predicted octanol–water partition coefficient (Wildman–Crippen LogP) is 2.49. The molecule has 4 rings (SSSR count). The SMILES string of the molecule is CNC(=O)[C@@H]1CN(C(=O)C[C@@H]2c3ccccc3C=CN2C(C)=O)c2ccccc2O1. The number of nitrogens with zero attached hydrogens (tertiary/aromatic N) is 2. The molecule has 2 heterocycles. The standard InChI is InChI=1S/C23H23N3O4/c1-15(27)25-12-11-16-7-3-4-8-17(16)19(25)13-22(28)26-14-21(23(29)24-2)30-20-10-6-5-9-18(20)26/h3-12,19,21H,13-14H2,1-2H3,(H,24,29)/t19-,21+/m1/s1. The van der Waals surface area contributed by atoms with Crippen molar-refractivity contribution in [3.8, 4) is 5.75 Å². The van der Waals surface area contributed by atoms with E-state index in [1.54, 1.807) is 34.2 Å². The maximum Gasteiger partial charge on any atom is 0.262 e. The number of para-hydroxylation sites is 2. The van der Waals surface area contributed by atoms with Crippen LogP contribution in [0.5, 0.6) is 5.75 Å². The van der Waals surface area contributed by atoms with Crippen LogP contribution in [0.2, 0.25) is 0 Å². The summed E-state index contributed by atoms with van der Waals surface area (Å²) in [6.45, 7) is 1.60. The molecule has 2 aromatic carbocycles. The van der Waals surface area contributed by atoms with E-state index in [-0.39, 0.29) is 30.7 Å². The van der Waals surface area contributed by atoms with Gasteiger partial charge in [-0.05, 0) is 29.3 Å². The van der Waals surface area contributed by atoms with Crippen molar-refractivity contribution < 1.29 is 19.1 Å². The average molecular weight is 405 g/mol. The lowest BCUT2D eigenvalue weighted by molar-refractivity contribution is -0.129. The molecule has 1 N–H and O–H groups in total. The predicted molar refractivity (Wildman–Crippen MR) is 113 cm³/mol. The first-order chi connectivity index (χ1) is 14.5. The van der Waals surface area contributed by atoms with Gasteiger partial charge in [-0.15, -0.1) is 0 Å². The van der Waals surface area contributed by atoms with Crippen molar-refractivity contribution in [1.82, 2.24) is 10.2 Å². The van der Waals surface area contributed by atoms with Crippen LogP contribution in [0.1, 0.15) is 30.5 Å². The van der Waals surface area contributed by atoms with Gasteiger partial charge in [0, 0.05) is 20.2 Å². The molecule has 7 heteroatoms. The van der Waals surface area contributed by atoms with Gasteiger partial charge in [0.15, 0.2) is 6.10 Å². The molecule has 2 atom stereocenters. The average Bonchev–Trinajstić information content (AvgIpc) is 2.77. The van der Waals surface area contributed by atoms with Gasteiger partial charge in [-0.25, -0.2) is 0 Å². The summed E-state index contributed by atoms with van der Waals surface area (Å²) in [6.07, 6.45) is 2.90. The van der Waals surface area contributed by atoms with E-state index in [9.17, 15) is 14.4 Å². The number of ether oxygens (including phenoxy) is 1. The van der Waals surface area contributed by atoms with Gasteiger partial charge in [-0.2, -0.15) is 0 Å². The molecule has 2 aliphatic rings. The molecule has 0 unspecified atom stereocenters. The molecule has 154 valence electrons. The van der Waals surface area contributed by atoms with Crippen LogP contribution < -0.4 is 15.0 Å². The van der Waals surface area contributed by atoms with Gasteiger partial charge < -0.3 is 19.9 Å². The van der Waals surface area contributed by atoms with Crippen molar-refractivity contribution in [1.29, 1.82) is 0 Å². The Morgan fingerprint density at radius 3 is 2.60 bits per heavy atom. The quantitative estimate of drug-likeness (QED) is 0.851. The van der Waals surface area contributed by atoms with Gasteiger partial charge in [-0.1, -0.05) is 36.4 Å². The van der Waals surface area contributed by atoms with Crippen LogP contribution in [0.3, 0.4) is 0 Å². The van der Waals surface area contributed by atoms with E-state index in [4.69, 9.17) is 4.74 Å². The van der Waals surface area contributed by atoms with Gasteiger partial charge in [0.25, 0.3) is 5.91 Å². The monoisotopic (exact) mass is 405 g/mol. The number of likely N-dealkylation sites (N-methyl/N-ethyl adjacent to an activating group) is 1. The molecular formula is C23H23N3O4. The molecule has 0 aromatic heterocycles. The molecule has 0 saturated carbocycles. The summed E-state index contributed by atoms with van der Waals surface area (Å²) >= 11 is 0. The summed E-state index contributed by atoms with van der Waals surface area (Å²) in [6, 6.07) is 14.5. The van der Waals surface area contributed by atoms with Crippen molar-refractivity contribution in [3.63, 3.8) is 0 Å². The fourth-order valence-electron chi connectivity index (χ4n) is 3.96. The molecular weight excluding hydrogens is 382 g/mol. The first-order valence-electron chi connectivity index (χ1n) is 9.83. The number of amides is 3. The summed E-state index contributed by atoms with van der Waals surface area (Å²) < 4.78 is 5.79. The highest BCUT2D eigenvalue weighted by atomic mass is 16.5. The van der Waals surface area contributed by atoms with E-state index in [2.05, 4.69) is 5.32 Å². The van der Waals surface area contributed by atoms with Gasteiger partial charge in [-0.3, -0.25) is 14.4 Å². The number of carbonyl (C=O) groups excluding carboxylic acids is 3. The van der Waals surface area contributed by atoms with E-state index in [0.717, 1.165) is 11.1 Å². The number of fused-ring (bicyclic) bond motifs is 2. The zero-order valence-electron chi connectivity index (χ0n) is 16.9. The smallest absolute Gasteiger partial charge is 0.262 e. The summed E-state index contributed by atoms with van der Waals surface area (Å²) in [4.78, 5) is 41.0. The normalized spacial score (nSPS) is 19.4. The van der Waals surface area contributed by atoms with Gasteiger partial charge >= 0.3 is 0 Å². The molecule has 30 heavy (non-hydrogen) atoms. The van der Waals surface area contributed by atoms with Gasteiger partial charge in [0.05, 0.1) is 24.7 Å². The second-order valence-corrected chi connectivity index (χ2v) is 7.28. The molecule has 7 nitrogen and oxygen atoms in total. The minimum atomic E-state index is -0.795. The van der Waals surface area contributed by atoms with Crippen LogP contribution in [0.15, 0.2) is 54.7 Å². The Morgan fingerprint density at radius 2 is 1.83 bits per heavy atom. The van der Waals surface area contributed by atoms with Crippen LogP contribution in [0.4, 0.5) is 5.69 Å². The Morgan fingerprint density at radius 1 is 1.10 bits per heavy atom. The van der Waals surface area contributed by atoms with Gasteiger partial charge in [0.2, 0.25) is 11.8 Å². The Balaban J connectivity index is 1.66. The van der Waals surface area contributed by atoms with Crippen molar-refractivity contribution in [2.24, 2.45) is 0 Å². The minimum Gasteiger partial charge on any atom is -0.477 e. The second-order valence-electron chi connectivity index (χ2n) is 7.28. The Hall–Kier alpha value is -3.61. The lowest BCUT2D eigenvalue weighted by Crippen LogP contribution is -2.50. The van der Waals surface area contributed by atoms with E-state index in [1.807, 2.05) is 36.4 Å². The third kappa shape index (κ3) is 3.54. The molecule has 0 bridgehead atoms. The number of carbonyl (C=O) groups is 3. The van der Waals surface area contributed by atoms with Crippen LogP contribution in [-0.2, 0) is 14.4 Å². The zero-order chi connectivity index (χ0) is 21.3. The second kappa shape index (κ2) is 8.02. The number of benzene rings is 2. The van der Waals surface area contributed by atoms with E-state index in [1.165, 1.54) is 14.0 Å². The summed E-state index contributed by atoms with van der Waals surface area (Å²) in [5.74, 6) is -0.123. The third-order valence-electron chi connectivity index (χ3n) is 5.45. The molecule has 2 aromatic rings. The molecule has 0 aliphatic carbocycles. The van der Waals surface area contributed by atoms with E-state index in [0.29, 0.717) is 11.4 Å². The Bertz CT molecular complexity index is 1030. The highest BCUT2D eigenvalue weighted by Crippen LogP contribution is 2.37. The molecule has 0 radical (unpaired) electrons. The third-order valence-corrected chi connectivity index (χ3v) is 5.45. The van der Waals surface area contributed by atoms with Crippen molar-refractivity contribution >= 4 is 29.5 Å². The first-order valence-corrected chi connectivity index (χ1v) is 9.83. The number of anilines is 1. The molecule has 3 amide bonds. The van der Waals surface area contributed by atoms with Crippen LogP contribution in [0.25, 0.3) is 6.08 Å². The fourth-order valence-corrected chi connectivity index (χ4v) is 3.96. The number of nitrogens with one attached hydrogen (secondary N) is 1. The number of hydrogen-bond donors (Lipinski definition) is 1. The first kappa shape index (κ1) is 19.7. The molecule has 0 saturated heterocycles. The van der Waals surface area contributed by atoms with E-state index >= 15 is 0 Å². The van der Waals surface area contributed by atoms with Crippen LogP contribution in [-0.4, -0.2) is 42.3 Å². The summed E-state index contributed by atoms with van der Waals surface area (Å²) in [5, 5.41) is 2.58. The van der Waals surface area contributed by atoms with Crippen molar-refractivity contribution in [2.45, 2.75) is 25.5 Å². The van der Waals surface area contributed by atoms with Gasteiger partial charge in [0.1, 0.15) is 5.75 Å². The minimum absolute atomic E-state index is 0.0930. The lowest BCUT2D eigenvalue weighted by Gasteiger charge is -2.37. The van der Waals surface area contributed by atoms with Crippen LogP contribution >= 0.6 is 0 Å². The summed E-state index contributed by atoms with van der Waals surface area (Å²) in [5.41, 5.74) is 2.53. The molecule has 2 aliphatic heterocycles. The molecule has 0 spiro atoms. The van der Waals surface area contributed by atoms with Crippen molar-refractivity contribution in [2.75, 3.05) is 18.5 Å². The summed E-state index contributed by atoms with van der Waals surface area (Å²) in [7, 11) is 1.54. The molecule has 0 fully saturated rings. The number of rotatable bonds is 3. The Kier molecular flexibility index (Phi) is 5.27. The van der Waals surface area contributed by atoms with Crippen molar-refractivity contribution in [3.05, 3.63) is 65.9 Å². The maximum absolute atomic E-state index is 13.4. The van der Waals surface area contributed by atoms with Crippen LogP contribution in [0, 0.1) is 0 Å².